The maximum absolute atomic E-state index is 11.7. The van der Waals surface area contributed by atoms with Crippen LogP contribution in [0.4, 0.5) is 0 Å². The quantitative estimate of drug-likeness (QED) is 0.815. The minimum Gasteiger partial charge on any atom is -0.492 e. The molecule has 1 rings (SSSR count). The summed E-state index contributed by atoms with van der Waals surface area (Å²) in [6.45, 7) is 2.23. The van der Waals surface area contributed by atoms with Gasteiger partial charge in [0.2, 0.25) is 0 Å². The molecule has 0 aliphatic carbocycles. The molecule has 0 unspecified atom stereocenters. The van der Waals surface area contributed by atoms with Crippen LogP contribution < -0.4 is 4.74 Å². The number of carboxylic acids is 1. The molecule has 0 amide bonds. The minimum absolute atomic E-state index is 0.112. The van der Waals surface area contributed by atoms with Crippen molar-refractivity contribution in [2.24, 2.45) is 0 Å². The van der Waals surface area contributed by atoms with Crippen LogP contribution in [0, 0.1) is 0 Å². The number of ketones is 1. The predicted molar refractivity (Wildman–Crippen MR) is 68.8 cm³/mol. The van der Waals surface area contributed by atoms with Gasteiger partial charge in [-0.25, -0.2) is 0 Å². The minimum atomic E-state index is -1.03. The summed E-state index contributed by atoms with van der Waals surface area (Å²) < 4.78 is 5.23. The van der Waals surface area contributed by atoms with E-state index < -0.39 is 5.97 Å². The summed E-state index contributed by atoms with van der Waals surface area (Å²) in [5.41, 5.74) is 0.214. The fourth-order valence-electron chi connectivity index (χ4n) is 1.36. The van der Waals surface area contributed by atoms with Crippen molar-refractivity contribution in [1.82, 2.24) is 0 Å². The Morgan fingerprint density at radius 2 is 1.89 bits per heavy atom. The first-order chi connectivity index (χ1) is 8.45. The summed E-state index contributed by atoms with van der Waals surface area (Å²) in [5, 5.41) is 9.00. The second-order valence-corrected chi connectivity index (χ2v) is 4.33. The molecule has 4 nitrogen and oxygen atoms in total. The Morgan fingerprint density at radius 1 is 1.22 bits per heavy atom. The zero-order chi connectivity index (χ0) is 13.7. The number of aliphatic carboxylic acids is 1. The fraction of sp³-hybridized carbons (Fsp3) is 0.333. The smallest absolute Gasteiger partial charge is 0.303 e. The van der Waals surface area contributed by atoms with Gasteiger partial charge in [0, 0.05) is 18.1 Å². The molecule has 0 atom stereocenters. The third kappa shape index (κ3) is 3.89. The van der Waals surface area contributed by atoms with Crippen LogP contribution >= 0.6 is 23.2 Å². The molecule has 0 aromatic heterocycles. The van der Waals surface area contributed by atoms with Crippen molar-refractivity contribution in [3.8, 4) is 5.75 Å². The molecule has 0 fully saturated rings. The van der Waals surface area contributed by atoms with E-state index in [1.165, 1.54) is 12.1 Å². The molecule has 0 heterocycles. The van der Waals surface area contributed by atoms with E-state index in [9.17, 15) is 9.59 Å². The number of benzene rings is 1. The van der Waals surface area contributed by atoms with Gasteiger partial charge >= 0.3 is 5.97 Å². The highest BCUT2D eigenvalue weighted by molar-refractivity contribution is 6.36. The Morgan fingerprint density at radius 3 is 2.44 bits per heavy atom. The first-order valence-electron chi connectivity index (χ1n) is 5.32. The maximum Gasteiger partial charge on any atom is 0.303 e. The van der Waals surface area contributed by atoms with Gasteiger partial charge in [0.25, 0.3) is 0 Å². The summed E-state index contributed by atoms with van der Waals surface area (Å²) in [7, 11) is 0. The SMILES string of the molecule is CCOc1cc(Cl)c(C(=O)CCC(=O)O)cc1Cl. The highest BCUT2D eigenvalue weighted by Gasteiger charge is 2.15. The highest BCUT2D eigenvalue weighted by Crippen LogP contribution is 2.32. The summed E-state index contributed by atoms with van der Waals surface area (Å²) in [6.07, 6.45) is -0.348. The molecule has 6 heteroatoms. The van der Waals surface area contributed by atoms with Crippen LogP contribution in [-0.2, 0) is 4.79 Å². The highest BCUT2D eigenvalue weighted by atomic mass is 35.5. The zero-order valence-corrected chi connectivity index (χ0v) is 11.2. The lowest BCUT2D eigenvalue weighted by Gasteiger charge is -2.09. The number of halogens is 2. The van der Waals surface area contributed by atoms with Crippen molar-refractivity contribution in [1.29, 1.82) is 0 Å². The third-order valence-electron chi connectivity index (χ3n) is 2.19. The maximum atomic E-state index is 11.7. The molecule has 98 valence electrons. The van der Waals surface area contributed by atoms with Gasteiger partial charge in [-0.1, -0.05) is 23.2 Å². The van der Waals surface area contributed by atoms with Crippen LogP contribution in [0.5, 0.6) is 5.75 Å². The summed E-state index contributed by atoms with van der Waals surface area (Å²) in [4.78, 5) is 22.1. The number of ether oxygens (including phenoxy) is 1. The monoisotopic (exact) mass is 290 g/mol. The lowest BCUT2D eigenvalue weighted by atomic mass is 10.1. The molecule has 1 N–H and O–H groups in total. The number of rotatable bonds is 6. The van der Waals surface area contributed by atoms with Crippen molar-refractivity contribution < 1.29 is 19.4 Å². The van der Waals surface area contributed by atoms with Crippen LogP contribution in [0.3, 0.4) is 0 Å². The second-order valence-electron chi connectivity index (χ2n) is 3.51. The molecule has 0 bridgehead atoms. The van der Waals surface area contributed by atoms with E-state index in [4.69, 9.17) is 33.0 Å². The zero-order valence-electron chi connectivity index (χ0n) is 9.70. The van der Waals surface area contributed by atoms with Gasteiger partial charge in [0.15, 0.2) is 5.78 Å². The van der Waals surface area contributed by atoms with Crippen molar-refractivity contribution >= 4 is 35.0 Å². The molecule has 0 radical (unpaired) electrons. The molecule has 18 heavy (non-hydrogen) atoms. The van der Waals surface area contributed by atoms with Gasteiger partial charge < -0.3 is 9.84 Å². The van der Waals surface area contributed by atoms with Crippen LogP contribution in [0.2, 0.25) is 10.0 Å². The van der Waals surface area contributed by atoms with Crippen LogP contribution in [0.25, 0.3) is 0 Å². The number of Topliss-reactive ketones (excluding diaryl/α,β-unsaturated/α-hetero) is 1. The van der Waals surface area contributed by atoms with Crippen LogP contribution in [0.15, 0.2) is 12.1 Å². The predicted octanol–water partition coefficient (Wildman–Crippen LogP) is 3.44. The first kappa shape index (κ1) is 14.8. The number of carbonyl (C=O) groups is 2. The van der Waals surface area contributed by atoms with E-state index in [-0.39, 0.29) is 34.2 Å². The molecular weight excluding hydrogens is 279 g/mol. The van der Waals surface area contributed by atoms with E-state index in [1.807, 2.05) is 0 Å². The molecule has 0 saturated heterocycles. The Hall–Kier alpha value is -1.26. The average Bonchev–Trinajstić information content (AvgIpc) is 2.30. The van der Waals surface area contributed by atoms with Gasteiger partial charge in [0.1, 0.15) is 5.75 Å². The molecule has 1 aromatic rings. The summed E-state index contributed by atoms with van der Waals surface area (Å²) in [5.74, 6) is -0.984. The summed E-state index contributed by atoms with van der Waals surface area (Å²) >= 11 is 11.9. The number of hydrogen-bond donors (Lipinski definition) is 1. The van der Waals surface area contributed by atoms with E-state index in [1.54, 1.807) is 6.92 Å². The normalized spacial score (nSPS) is 10.2. The average molecular weight is 291 g/mol. The third-order valence-corrected chi connectivity index (χ3v) is 2.80. The standard InChI is InChI=1S/C12H12Cl2O4/c1-2-18-11-6-8(13)7(5-9(11)14)10(15)3-4-12(16)17/h5-6H,2-4H2,1H3,(H,16,17). The molecule has 0 aliphatic rings. The number of carbonyl (C=O) groups excluding carboxylic acids is 1. The van der Waals surface area contributed by atoms with Gasteiger partial charge in [-0.2, -0.15) is 0 Å². The topological polar surface area (TPSA) is 63.6 Å². The van der Waals surface area contributed by atoms with E-state index in [2.05, 4.69) is 0 Å². The van der Waals surface area contributed by atoms with Crippen molar-refractivity contribution in [2.45, 2.75) is 19.8 Å². The first-order valence-corrected chi connectivity index (χ1v) is 6.08. The largest absolute Gasteiger partial charge is 0.492 e. The fourth-order valence-corrected chi connectivity index (χ4v) is 1.84. The van der Waals surface area contributed by atoms with Crippen LogP contribution in [0.1, 0.15) is 30.1 Å². The molecular formula is C12H12Cl2O4. The molecule has 1 aromatic carbocycles. The van der Waals surface area contributed by atoms with Gasteiger partial charge in [-0.05, 0) is 13.0 Å². The van der Waals surface area contributed by atoms with E-state index in [0.29, 0.717) is 12.4 Å². The number of carboxylic acid groups (broad SMARTS) is 1. The van der Waals surface area contributed by atoms with Gasteiger partial charge in [0.05, 0.1) is 23.1 Å². The second kappa shape index (κ2) is 6.61. The Labute approximate surface area is 114 Å². The number of hydrogen-bond acceptors (Lipinski definition) is 3. The van der Waals surface area contributed by atoms with Crippen LogP contribution in [-0.4, -0.2) is 23.5 Å². The van der Waals surface area contributed by atoms with Gasteiger partial charge in [-0.15, -0.1) is 0 Å². The van der Waals surface area contributed by atoms with Crippen molar-refractivity contribution in [2.75, 3.05) is 6.61 Å². The summed E-state index contributed by atoms with van der Waals surface area (Å²) in [6, 6.07) is 2.86. The lowest BCUT2D eigenvalue weighted by molar-refractivity contribution is -0.136. The van der Waals surface area contributed by atoms with E-state index in [0.717, 1.165) is 0 Å². The molecule has 0 spiro atoms. The van der Waals surface area contributed by atoms with Crippen molar-refractivity contribution in [3.63, 3.8) is 0 Å². The van der Waals surface area contributed by atoms with E-state index >= 15 is 0 Å². The van der Waals surface area contributed by atoms with Crippen molar-refractivity contribution in [3.05, 3.63) is 27.7 Å². The molecule has 0 saturated carbocycles. The Balaban J connectivity index is 2.93. The molecule has 0 aliphatic heterocycles. The van der Waals surface area contributed by atoms with Gasteiger partial charge in [-0.3, -0.25) is 9.59 Å². The Kier molecular flexibility index (Phi) is 5.44. The lowest BCUT2D eigenvalue weighted by Crippen LogP contribution is -2.05. The Bertz CT molecular complexity index is 471.